The number of β-amino-alcohol motifs (C(OH)–C–C–N with tert-alkyl or cyclic N) is 1. The number of carbonyl (C=O) groups is 3. The summed E-state index contributed by atoms with van der Waals surface area (Å²) in [5, 5.41) is 12.5. The van der Waals surface area contributed by atoms with E-state index >= 15 is 0 Å². The van der Waals surface area contributed by atoms with E-state index in [2.05, 4.69) is 39.2 Å². The van der Waals surface area contributed by atoms with Crippen LogP contribution in [0.5, 0.6) is 0 Å². The molecule has 2 N–H and O–H groups in total. The Labute approximate surface area is 162 Å². The van der Waals surface area contributed by atoms with Gasteiger partial charge < -0.3 is 24.5 Å². The fourth-order valence-electron chi connectivity index (χ4n) is 2.72. The van der Waals surface area contributed by atoms with Crippen molar-refractivity contribution in [3.05, 3.63) is 0 Å². The number of methoxy groups -OCH3 is 1. The number of esters is 1. The molecular weight excluding hydrogens is 368 g/mol. The summed E-state index contributed by atoms with van der Waals surface area (Å²) in [7, 11) is -0.707. The highest BCUT2D eigenvalue weighted by Crippen LogP contribution is 2.36. The summed E-state index contributed by atoms with van der Waals surface area (Å²) in [6.45, 7) is 12.4. The molecule has 0 unspecified atom stereocenters. The first kappa shape index (κ1) is 23.6. The molecule has 3 atom stereocenters. The van der Waals surface area contributed by atoms with E-state index in [1.807, 2.05) is 0 Å². The highest BCUT2D eigenvalue weighted by Gasteiger charge is 2.40. The first-order valence-electron chi connectivity index (χ1n) is 9.27. The van der Waals surface area contributed by atoms with Gasteiger partial charge in [0.1, 0.15) is 12.1 Å². The first-order chi connectivity index (χ1) is 12.3. The number of carbonyl (C=O) groups excluding carboxylic acids is 3. The largest absolute Gasteiger partial charge is 0.467 e. The molecule has 1 aliphatic rings. The van der Waals surface area contributed by atoms with Crippen LogP contribution in [0, 0.1) is 0 Å². The minimum atomic E-state index is -1.97. The van der Waals surface area contributed by atoms with Crippen molar-refractivity contribution in [1.82, 2.24) is 10.2 Å². The third-order valence-corrected chi connectivity index (χ3v) is 10.0. The summed E-state index contributed by atoms with van der Waals surface area (Å²) in [4.78, 5) is 37.7. The van der Waals surface area contributed by atoms with E-state index in [0.29, 0.717) is 6.61 Å². The monoisotopic (exact) mass is 402 g/mol. The second-order valence-corrected chi connectivity index (χ2v) is 13.4. The summed E-state index contributed by atoms with van der Waals surface area (Å²) in [6, 6.07) is -1.65. The molecule has 0 saturated carbocycles. The van der Waals surface area contributed by atoms with E-state index in [1.54, 1.807) is 0 Å². The number of likely N-dealkylation sites (tertiary alicyclic amines) is 1. The molecule has 9 heteroatoms. The average molecular weight is 403 g/mol. The predicted molar refractivity (Wildman–Crippen MR) is 104 cm³/mol. The van der Waals surface area contributed by atoms with Gasteiger partial charge in [-0.1, -0.05) is 20.8 Å². The zero-order valence-corrected chi connectivity index (χ0v) is 18.5. The van der Waals surface area contributed by atoms with Crippen LogP contribution in [0.4, 0.5) is 0 Å². The van der Waals surface area contributed by atoms with Gasteiger partial charge in [0.2, 0.25) is 11.8 Å². The van der Waals surface area contributed by atoms with E-state index < -0.39 is 38.4 Å². The van der Waals surface area contributed by atoms with Crippen LogP contribution in [0.1, 0.15) is 40.5 Å². The van der Waals surface area contributed by atoms with Gasteiger partial charge in [0.15, 0.2) is 8.32 Å². The van der Waals surface area contributed by atoms with Gasteiger partial charge in [-0.2, -0.15) is 0 Å². The molecule has 0 spiro atoms. The molecule has 156 valence electrons. The Morgan fingerprint density at radius 3 is 2.37 bits per heavy atom. The molecule has 1 saturated heterocycles. The third-order valence-electron chi connectivity index (χ3n) is 5.46. The van der Waals surface area contributed by atoms with Gasteiger partial charge in [-0.05, 0) is 18.1 Å². The Morgan fingerprint density at radius 2 is 1.89 bits per heavy atom. The Morgan fingerprint density at radius 1 is 1.30 bits per heavy atom. The van der Waals surface area contributed by atoms with E-state index in [0.717, 1.165) is 0 Å². The Hall–Kier alpha value is -1.45. The van der Waals surface area contributed by atoms with Crippen LogP contribution in [0.2, 0.25) is 18.1 Å². The first-order valence-corrected chi connectivity index (χ1v) is 12.2. The fourth-order valence-corrected chi connectivity index (χ4v) is 3.78. The summed E-state index contributed by atoms with van der Waals surface area (Å²) in [5.74, 6) is -1.32. The molecule has 1 heterocycles. The maximum absolute atomic E-state index is 12.6. The zero-order chi connectivity index (χ0) is 21.0. The third kappa shape index (κ3) is 6.29. The van der Waals surface area contributed by atoms with Gasteiger partial charge in [-0.3, -0.25) is 9.59 Å². The van der Waals surface area contributed by atoms with E-state index in [-0.39, 0.29) is 30.3 Å². The molecule has 0 aromatic heterocycles. The van der Waals surface area contributed by atoms with Crippen LogP contribution in [0.25, 0.3) is 0 Å². The summed E-state index contributed by atoms with van der Waals surface area (Å²) >= 11 is 0. The molecule has 1 fully saturated rings. The molecule has 27 heavy (non-hydrogen) atoms. The van der Waals surface area contributed by atoms with Crippen molar-refractivity contribution in [2.45, 2.75) is 76.9 Å². The van der Waals surface area contributed by atoms with Gasteiger partial charge in [0.25, 0.3) is 0 Å². The lowest BCUT2D eigenvalue weighted by Crippen LogP contribution is -2.51. The second kappa shape index (κ2) is 9.16. The molecule has 8 nitrogen and oxygen atoms in total. The van der Waals surface area contributed by atoms with Crippen LogP contribution in [0.15, 0.2) is 0 Å². The number of nitrogens with zero attached hydrogens (tertiary/aromatic N) is 1. The van der Waals surface area contributed by atoms with Crippen LogP contribution < -0.4 is 5.32 Å². The van der Waals surface area contributed by atoms with Gasteiger partial charge in [0, 0.05) is 32.9 Å². The maximum atomic E-state index is 12.6. The SMILES string of the molecule is COC(=O)[C@H](CCO[Si](C)(C)C(C)(C)C)NC(=O)[C@@H]1C[C@@H](O)CN1C(C)=O. The van der Waals surface area contributed by atoms with E-state index in [4.69, 9.17) is 9.16 Å². The molecule has 2 amide bonds. The molecule has 0 radical (unpaired) electrons. The lowest BCUT2D eigenvalue weighted by molar-refractivity contribution is -0.146. The van der Waals surface area contributed by atoms with Crippen LogP contribution in [-0.4, -0.2) is 74.6 Å². The summed E-state index contributed by atoms with van der Waals surface area (Å²) in [5.41, 5.74) is 0. The number of rotatable bonds is 7. The van der Waals surface area contributed by atoms with Crippen molar-refractivity contribution in [2.24, 2.45) is 0 Å². The minimum absolute atomic E-state index is 0.0407. The van der Waals surface area contributed by atoms with Gasteiger partial charge in [-0.15, -0.1) is 0 Å². The van der Waals surface area contributed by atoms with Crippen molar-refractivity contribution < 1.29 is 28.7 Å². The molecule has 0 bridgehead atoms. The average Bonchev–Trinajstić information content (AvgIpc) is 2.94. The normalized spacial score (nSPS) is 21.7. The summed E-state index contributed by atoms with van der Waals surface area (Å²) in [6.07, 6.45) is -0.316. The maximum Gasteiger partial charge on any atom is 0.328 e. The predicted octanol–water partition coefficient (Wildman–Crippen LogP) is 1.04. The molecule has 1 rings (SSSR count). The van der Waals surface area contributed by atoms with Crippen molar-refractivity contribution in [1.29, 1.82) is 0 Å². The van der Waals surface area contributed by atoms with E-state index in [9.17, 15) is 19.5 Å². The number of aliphatic hydroxyl groups is 1. The lowest BCUT2D eigenvalue weighted by atomic mass is 10.1. The number of amides is 2. The summed E-state index contributed by atoms with van der Waals surface area (Å²) < 4.78 is 10.9. The molecule has 0 aromatic carbocycles. The quantitative estimate of drug-likeness (QED) is 0.487. The molecule has 1 aliphatic heterocycles. The standard InChI is InChI=1S/C18H34N2O6Si/c1-12(21)20-11-13(22)10-15(20)16(23)19-14(17(24)25-5)8-9-26-27(6,7)18(2,3)4/h13-15,22H,8-11H2,1-7H3,(H,19,23)/t13-,14+,15+/m1/s1. The topological polar surface area (TPSA) is 105 Å². The van der Waals surface area contributed by atoms with Crippen molar-refractivity contribution >= 4 is 26.1 Å². The molecule has 0 aromatic rings. The van der Waals surface area contributed by atoms with Crippen molar-refractivity contribution in [2.75, 3.05) is 20.3 Å². The van der Waals surface area contributed by atoms with Gasteiger partial charge >= 0.3 is 5.97 Å². The number of nitrogens with one attached hydrogen (secondary N) is 1. The highest BCUT2D eigenvalue weighted by molar-refractivity contribution is 6.74. The van der Waals surface area contributed by atoms with E-state index in [1.165, 1.54) is 18.9 Å². The number of ether oxygens (including phenoxy) is 1. The van der Waals surface area contributed by atoms with Crippen molar-refractivity contribution in [3.63, 3.8) is 0 Å². The zero-order valence-electron chi connectivity index (χ0n) is 17.5. The number of hydrogen-bond donors (Lipinski definition) is 2. The Kier molecular flexibility index (Phi) is 8.00. The van der Waals surface area contributed by atoms with Gasteiger partial charge in [-0.25, -0.2) is 4.79 Å². The second-order valence-electron chi connectivity index (χ2n) is 8.56. The highest BCUT2D eigenvalue weighted by atomic mass is 28.4. The van der Waals surface area contributed by atoms with Crippen LogP contribution >= 0.6 is 0 Å². The number of aliphatic hydroxyl groups excluding tert-OH is 1. The number of hydrogen-bond acceptors (Lipinski definition) is 6. The molecule has 0 aliphatic carbocycles. The Balaban J connectivity index is 2.74. The van der Waals surface area contributed by atoms with Crippen LogP contribution in [-0.2, 0) is 23.5 Å². The van der Waals surface area contributed by atoms with Gasteiger partial charge in [0.05, 0.1) is 13.2 Å². The minimum Gasteiger partial charge on any atom is -0.467 e. The van der Waals surface area contributed by atoms with Crippen LogP contribution in [0.3, 0.4) is 0 Å². The fraction of sp³-hybridized carbons (Fsp3) is 0.833. The molecular formula is C18H34N2O6Si. The smallest absolute Gasteiger partial charge is 0.328 e. The Bertz CT molecular complexity index is 561. The van der Waals surface area contributed by atoms with Crippen molar-refractivity contribution in [3.8, 4) is 0 Å². The lowest BCUT2D eigenvalue weighted by Gasteiger charge is -2.36.